The molecule has 0 bridgehead atoms. The number of aliphatic hydroxyl groups is 1. The molecule has 4 heteroatoms. The Bertz CT molecular complexity index is 468. The van der Waals surface area contributed by atoms with E-state index in [1.54, 1.807) is 13.0 Å². The molecule has 0 radical (unpaired) electrons. The number of nitrogens with two attached hydrogens (primary N) is 1. The van der Waals surface area contributed by atoms with Gasteiger partial charge in [0.1, 0.15) is 5.82 Å². The molecule has 0 amide bonds. The number of benzene rings is 1. The van der Waals surface area contributed by atoms with E-state index in [-0.39, 0.29) is 0 Å². The summed E-state index contributed by atoms with van der Waals surface area (Å²) in [5.41, 5.74) is 7.82. The maximum atomic E-state index is 9.36. The van der Waals surface area contributed by atoms with Gasteiger partial charge >= 0.3 is 0 Å². The molecule has 1 aromatic heterocycles. The molecule has 2 aromatic rings. The first-order chi connectivity index (χ1) is 6.66. The molecule has 1 unspecified atom stereocenters. The Labute approximate surface area is 81.4 Å². The molecule has 0 fully saturated rings. The second-order valence-corrected chi connectivity index (χ2v) is 3.22. The number of hydrogen-bond donors (Lipinski definition) is 2. The minimum atomic E-state index is -0.487. The zero-order valence-corrected chi connectivity index (χ0v) is 7.81. The predicted molar refractivity (Wildman–Crippen MR) is 54.6 cm³/mol. The fraction of sp³-hybridized carbons (Fsp3) is 0.200. The molecule has 0 spiro atoms. The van der Waals surface area contributed by atoms with E-state index < -0.39 is 6.10 Å². The summed E-state index contributed by atoms with van der Waals surface area (Å²) in [6.07, 6.45) is 1.02. The van der Waals surface area contributed by atoms with Gasteiger partial charge in [0, 0.05) is 0 Å². The third-order valence-corrected chi connectivity index (χ3v) is 2.07. The summed E-state index contributed by atoms with van der Waals surface area (Å²) in [7, 11) is 0. The van der Waals surface area contributed by atoms with E-state index in [4.69, 9.17) is 5.73 Å². The lowest BCUT2D eigenvalue weighted by atomic mass is 10.1. The first-order valence-electron chi connectivity index (χ1n) is 4.37. The van der Waals surface area contributed by atoms with Gasteiger partial charge in [-0.15, -0.1) is 0 Å². The van der Waals surface area contributed by atoms with Crippen molar-refractivity contribution in [3.63, 3.8) is 0 Å². The first kappa shape index (κ1) is 8.90. The van der Waals surface area contributed by atoms with Crippen LogP contribution in [0, 0.1) is 0 Å². The fourth-order valence-corrected chi connectivity index (χ4v) is 1.30. The lowest BCUT2D eigenvalue weighted by Crippen LogP contribution is -1.95. The van der Waals surface area contributed by atoms with Crippen molar-refractivity contribution < 1.29 is 5.11 Å². The second kappa shape index (κ2) is 3.23. The lowest BCUT2D eigenvalue weighted by Gasteiger charge is -2.05. The minimum Gasteiger partial charge on any atom is -0.389 e. The highest BCUT2D eigenvalue weighted by Gasteiger charge is 2.03. The topological polar surface area (TPSA) is 72.0 Å². The average molecular weight is 189 g/mol. The van der Waals surface area contributed by atoms with Gasteiger partial charge in [0.25, 0.3) is 0 Å². The number of aliphatic hydroxyl groups excluding tert-OH is 1. The SMILES string of the molecule is CC(O)c1ccc2nc(N)cnc2c1. The zero-order valence-electron chi connectivity index (χ0n) is 7.81. The molecular formula is C10H11N3O. The Kier molecular flexibility index (Phi) is 2.05. The highest BCUT2D eigenvalue weighted by Crippen LogP contribution is 2.17. The number of fused-ring (bicyclic) bond motifs is 1. The molecule has 3 N–H and O–H groups in total. The molecule has 4 nitrogen and oxygen atoms in total. The largest absolute Gasteiger partial charge is 0.389 e. The smallest absolute Gasteiger partial charge is 0.142 e. The molecule has 2 rings (SSSR count). The lowest BCUT2D eigenvalue weighted by molar-refractivity contribution is 0.199. The van der Waals surface area contributed by atoms with Gasteiger partial charge in [0.15, 0.2) is 0 Å². The third kappa shape index (κ3) is 1.52. The van der Waals surface area contributed by atoms with E-state index in [9.17, 15) is 5.11 Å². The van der Waals surface area contributed by atoms with Gasteiger partial charge in [-0.3, -0.25) is 4.98 Å². The Hall–Kier alpha value is -1.68. The monoisotopic (exact) mass is 189 g/mol. The van der Waals surface area contributed by atoms with Gasteiger partial charge in [-0.25, -0.2) is 4.98 Å². The van der Waals surface area contributed by atoms with Gasteiger partial charge < -0.3 is 10.8 Å². The minimum absolute atomic E-state index is 0.405. The normalized spacial score (nSPS) is 13.0. The van der Waals surface area contributed by atoms with Crippen LogP contribution in [-0.2, 0) is 0 Å². The highest BCUT2D eigenvalue weighted by atomic mass is 16.3. The Morgan fingerprint density at radius 1 is 1.36 bits per heavy atom. The molecule has 1 aromatic carbocycles. The summed E-state index contributed by atoms with van der Waals surface area (Å²) in [5, 5.41) is 9.36. The van der Waals surface area contributed by atoms with Gasteiger partial charge in [0.05, 0.1) is 23.3 Å². The van der Waals surface area contributed by atoms with Crippen LogP contribution in [0.3, 0.4) is 0 Å². The van der Waals surface area contributed by atoms with Crippen LogP contribution in [0.5, 0.6) is 0 Å². The van der Waals surface area contributed by atoms with Crippen LogP contribution in [0.1, 0.15) is 18.6 Å². The number of hydrogen-bond acceptors (Lipinski definition) is 4. The van der Waals surface area contributed by atoms with Crippen LogP contribution in [-0.4, -0.2) is 15.1 Å². The molecule has 1 heterocycles. The third-order valence-electron chi connectivity index (χ3n) is 2.07. The van der Waals surface area contributed by atoms with E-state index in [0.29, 0.717) is 5.82 Å². The van der Waals surface area contributed by atoms with Crippen LogP contribution in [0.2, 0.25) is 0 Å². The van der Waals surface area contributed by atoms with Crippen LogP contribution >= 0.6 is 0 Å². The maximum Gasteiger partial charge on any atom is 0.142 e. The Balaban J connectivity index is 2.62. The molecule has 0 saturated heterocycles. The fourth-order valence-electron chi connectivity index (χ4n) is 1.30. The van der Waals surface area contributed by atoms with Crippen LogP contribution in [0.15, 0.2) is 24.4 Å². The molecule has 0 saturated carbocycles. The molecule has 1 atom stereocenters. The van der Waals surface area contributed by atoms with E-state index >= 15 is 0 Å². The molecule has 14 heavy (non-hydrogen) atoms. The Morgan fingerprint density at radius 3 is 2.86 bits per heavy atom. The van der Waals surface area contributed by atoms with Crippen molar-refractivity contribution in [3.05, 3.63) is 30.0 Å². The van der Waals surface area contributed by atoms with Crippen molar-refractivity contribution in [1.82, 2.24) is 9.97 Å². The van der Waals surface area contributed by atoms with Crippen molar-refractivity contribution in [2.75, 3.05) is 5.73 Å². The molecule has 0 aliphatic heterocycles. The molecule has 0 aliphatic carbocycles. The highest BCUT2D eigenvalue weighted by molar-refractivity contribution is 5.76. The van der Waals surface area contributed by atoms with Crippen molar-refractivity contribution in [3.8, 4) is 0 Å². The van der Waals surface area contributed by atoms with E-state index in [1.807, 2.05) is 12.1 Å². The number of aromatic nitrogens is 2. The zero-order chi connectivity index (χ0) is 10.1. The van der Waals surface area contributed by atoms with Crippen molar-refractivity contribution in [1.29, 1.82) is 0 Å². The number of rotatable bonds is 1. The molecule has 72 valence electrons. The van der Waals surface area contributed by atoms with Gasteiger partial charge in [-0.05, 0) is 24.6 Å². The Morgan fingerprint density at radius 2 is 2.14 bits per heavy atom. The van der Waals surface area contributed by atoms with Gasteiger partial charge in [-0.2, -0.15) is 0 Å². The van der Waals surface area contributed by atoms with E-state index in [2.05, 4.69) is 9.97 Å². The van der Waals surface area contributed by atoms with Crippen LogP contribution in [0.25, 0.3) is 11.0 Å². The summed E-state index contributed by atoms with van der Waals surface area (Å²) in [6.45, 7) is 1.71. The van der Waals surface area contributed by atoms with Gasteiger partial charge in [0.2, 0.25) is 0 Å². The van der Waals surface area contributed by atoms with E-state index in [0.717, 1.165) is 16.6 Å². The standard InChI is InChI=1S/C10H11N3O/c1-6(14)7-2-3-8-9(4-7)12-5-10(11)13-8/h2-6,14H,1H3,(H2,11,13). The summed E-state index contributed by atoms with van der Waals surface area (Å²) < 4.78 is 0. The van der Waals surface area contributed by atoms with Crippen LogP contribution in [0.4, 0.5) is 5.82 Å². The number of nitrogens with zero attached hydrogens (tertiary/aromatic N) is 2. The summed E-state index contributed by atoms with van der Waals surface area (Å²) in [6, 6.07) is 5.44. The van der Waals surface area contributed by atoms with Gasteiger partial charge in [-0.1, -0.05) is 6.07 Å². The second-order valence-electron chi connectivity index (χ2n) is 3.22. The average Bonchev–Trinajstić information content (AvgIpc) is 2.16. The number of anilines is 1. The number of nitrogen functional groups attached to an aromatic ring is 1. The van der Waals surface area contributed by atoms with Crippen molar-refractivity contribution in [2.45, 2.75) is 13.0 Å². The summed E-state index contributed by atoms with van der Waals surface area (Å²) in [4.78, 5) is 8.23. The first-order valence-corrected chi connectivity index (χ1v) is 4.37. The summed E-state index contributed by atoms with van der Waals surface area (Å²) >= 11 is 0. The van der Waals surface area contributed by atoms with Crippen molar-refractivity contribution >= 4 is 16.9 Å². The predicted octanol–water partition coefficient (Wildman–Crippen LogP) is 1.27. The summed E-state index contributed by atoms with van der Waals surface area (Å²) in [5.74, 6) is 0.405. The quantitative estimate of drug-likeness (QED) is 0.708. The van der Waals surface area contributed by atoms with Crippen molar-refractivity contribution in [2.24, 2.45) is 0 Å². The molecule has 0 aliphatic rings. The van der Waals surface area contributed by atoms with E-state index in [1.165, 1.54) is 6.20 Å². The maximum absolute atomic E-state index is 9.36. The van der Waals surface area contributed by atoms with Crippen LogP contribution < -0.4 is 5.73 Å². The molecular weight excluding hydrogens is 178 g/mol.